The average molecular weight is 535 g/mol. The van der Waals surface area contributed by atoms with Crippen molar-refractivity contribution >= 4 is 57.6 Å². The largest absolute Gasteiger partial charge is 0.484 e. The van der Waals surface area contributed by atoms with E-state index in [0.29, 0.717) is 22.3 Å². The third-order valence-electron chi connectivity index (χ3n) is 4.03. The first-order valence-corrected chi connectivity index (χ1v) is 10.5. The van der Waals surface area contributed by atoms with Gasteiger partial charge in [-0.05, 0) is 78.4 Å². The standard InChI is InChI=1S/C20H21Cl2IN2O3/c1-3-24-20(27)13(2)25(11-14-4-9-17(21)18(22)10-14)19(26)12-28-16-7-5-15(23)6-8-16/h4-10,13H,3,11-12H2,1-2H3,(H,24,27)/t13-/m0/s1. The van der Waals surface area contributed by atoms with E-state index >= 15 is 0 Å². The fourth-order valence-electron chi connectivity index (χ4n) is 2.50. The maximum absolute atomic E-state index is 12.9. The van der Waals surface area contributed by atoms with E-state index in [1.54, 1.807) is 37.3 Å². The first kappa shape index (κ1) is 22.8. The van der Waals surface area contributed by atoms with E-state index in [1.165, 1.54) is 4.90 Å². The van der Waals surface area contributed by atoms with Crippen molar-refractivity contribution < 1.29 is 14.3 Å². The smallest absolute Gasteiger partial charge is 0.261 e. The SMILES string of the molecule is CCNC(=O)[C@H](C)N(Cc1ccc(Cl)c(Cl)c1)C(=O)COc1ccc(I)cc1. The summed E-state index contributed by atoms with van der Waals surface area (Å²) in [5.41, 5.74) is 0.771. The van der Waals surface area contributed by atoms with Crippen LogP contribution in [0.15, 0.2) is 42.5 Å². The van der Waals surface area contributed by atoms with Crippen LogP contribution in [0.2, 0.25) is 10.0 Å². The number of likely N-dealkylation sites (N-methyl/N-ethyl adjacent to an activating group) is 1. The molecule has 0 fully saturated rings. The van der Waals surface area contributed by atoms with Crippen molar-refractivity contribution in [1.29, 1.82) is 0 Å². The molecule has 0 saturated heterocycles. The number of halogens is 3. The van der Waals surface area contributed by atoms with Crippen LogP contribution >= 0.6 is 45.8 Å². The molecule has 0 aliphatic rings. The van der Waals surface area contributed by atoms with Gasteiger partial charge in [-0.3, -0.25) is 9.59 Å². The number of ether oxygens (including phenoxy) is 1. The number of nitrogens with zero attached hydrogens (tertiary/aromatic N) is 1. The van der Waals surface area contributed by atoms with Crippen LogP contribution in [0, 0.1) is 3.57 Å². The number of hydrogen-bond acceptors (Lipinski definition) is 3. The fraction of sp³-hybridized carbons (Fsp3) is 0.300. The van der Waals surface area contributed by atoms with E-state index in [-0.39, 0.29) is 25.0 Å². The summed E-state index contributed by atoms with van der Waals surface area (Å²) < 4.78 is 6.67. The van der Waals surface area contributed by atoms with Gasteiger partial charge in [0.2, 0.25) is 5.91 Å². The topological polar surface area (TPSA) is 58.6 Å². The van der Waals surface area contributed by atoms with Crippen LogP contribution in [-0.4, -0.2) is 35.9 Å². The quantitative estimate of drug-likeness (QED) is 0.506. The van der Waals surface area contributed by atoms with Crippen molar-refractivity contribution in [3.8, 4) is 5.75 Å². The highest BCUT2D eigenvalue weighted by atomic mass is 127. The van der Waals surface area contributed by atoms with Gasteiger partial charge in [0.15, 0.2) is 6.61 Å². The van der Waals surface area contributed by atoms with E-state index in [4.69, 9.17) is 27.9 Å². The molecule has 150 valence electrons. The molecule has 0 aromatic heterocycles. The second-order valence-electron chi connectivity index (χ2n) is 6.08. The van der Waals surface area contributed by atoms with Gasteiger partial charge in [-0.15, -0.1) is 0 Å². The molecule has 1 N–H and O–H groups in total. The highest BCUT2D eigenvalue weighted by Gasteiger charge is 2.26. The maximum Gasteiger partial charge on any atom is 0.261 e. The number of rotatable bonds is 8. The third-order valence-corrected chi connectivity index (χ3v) is 5.49. The molecule has 2 amide bonds. The minimum atomic E-state index is -0.665. The highest BCUT2D eigenvalue weighted by Crippen LogP contribution is 2.24. The molecule has 0 spiro atoms. The average Bonchev–Trinajstić information content (AvgIpc) is 2.67. The van der Waals surface area contributed by atoms with Crippen molar-refractivity contribution in [2.75, 3.05) is 13.2 Å². The van der Waals surface area contributed by atoms with Gasteiger partial charge in [0.25, 0.3) is 5.91 Å². The van der Waals surface area contributed by atoms with Crippen molar-refractivity contribution in [3.63, 3.8) is 0 Å². The Balaban J connectivity index is 2.15. The van der Waals surface area contributed by atoms with Gasteiger partial charge < -0.3 is 15.0 Å². The van der Waals surface area contributed by atoms with Gasteiger partial charge in [-0.1, -0.05) is 29.3 Å². The van der Waals surface area contributed by atoms with Gasteiger partial charge in [0.1, 0.15) is 11.8 Å². The molecule has 8 heteroatoms. The Morgan fingerprint density at radius 1 is 1.14 bits per heavy atom. The first-order chi connectivity index (χ1) is 13.3. The van der Waals surface area contributed by atoms with Gasteiger partial charge in [0, 0.05) is 16.7 Å². The Labute approximate surface area is 188 Å². The number of benzene rings is 2. The van der Waals surface area contributed by atoms with Crippen molar-refractivity contribution in [3.05, 3.63) is 61.6 Å². The number of amides is 2. The highest BCUT2D eigenvalue weighted by molar-refractivity contribution is 14.1. The van der Waals surface area contributed by atoms with E-state index in [1.807, 2.05) is 19.1 Å². The van der Waals surface area contributed by atoms with E-state index in [2.05, 4.69) is 27.9 Å². The molecule has 1 atom stereocenters. The Morgan fingerprint density at radius 2 is 1.82 bits per heavy atom. The Kier molecular flexibility index (Phi) is 8.85. The molecule has 0 aliphatic carbocycles. The van der Waals surface area contributed by atoms with Crippen molar-refractivity contribution in [2.45, 2.75) is 26.4 Å². The summed E-state index contributed by atoms with van der Waals surface area (Å²) in [6, 6.07) is 11.9. The lowest BCUT2D eigenvalue weighted by atomic mass is 10.1. The summed E-state index contributed by atoms with van der Waals surface area (Å²) in [7, 11) is 0. The molecule has 0 heterocycles. The summed E-state index contributed by atoms with van der Waals surface area (Å²) in [6.45, 7) is 4.04. The summed E-state index contributed by atoms with van der Waals surface area (Å²) in [6.07, 6.45) is 0. The molecule has 0 aliphatic heterocycles. The summed E-state index contributed by atoms with van der Waals surface area (Å²) in [5, 5.41) is 3.57. The van der Waals surface area contributed by atoms with Crippen molar-refractivity contribution in [1.82, 2.24) is 10.2 Å². The van der Waals surface area contributed by atoms with E-state index < -0.39 is 6.04 Å². The van der Waals surface area contributed by atoms with Gasteiger partial charge >= 0.3 is 0 Å². The summed E-state index contributed by atoms with van der Waals surface area (Å²) in [4.78, 5) is 26.6. The van der Waals surface area contributed by atoms with Gasteiger partial charge in [-0.25, -0.2) is 0 Å². The molecule has 28 heavy (non-hydrogen) atoms. The molecule has 0 unspecified atom stereocenters. The van der Waals surface area contributed by atoms with Crippen LogP contribution in [0.25, 0.3) is 0 Å². The molecule has 2 aromatic rings. The lowest BCUT2D eigenvalue weighted by Crippen LogP contribution is -2.49. The number of carbonyl (C=O) groups excluding carboxylic acids is 2. The lowest BCUT2D eigenvalue weighted by Gasteiger charge is -2.28. The van der Waals surface area contributed by atoms with E-state index in [9.17, 15) is 9.59 Å². The Bertz CT molecular complexity index is 831. The first-order valence-electron chi connectivity index (χ1n) is 8.71. The maximum atomic E-state index is 12.9. The minimum absolute atomic E-state index is 0.175. The normalized spacial score (nSPS) is 11.6. The van der Waals surface area contributed by atoms with Crippen LogP contribution in [0.5, 0.6) is 5.75 Å². The Morgan fingerprint density at radius 3 is 2.43 bits per heavy atom. The molecule has 5 nitrogen and oxygen atoms in total. The zero-order valence-electron chi connectivity index (χ0n) is 15.5. The number of hydrogen-bond donors (Lipinski definition) is 1. The second kappa shape index (κ2) is 10.9. The zero-order chi connectivity index (χ0) is 20.7. The fourth-order valence-corrected chi connectivity index (χ4v) is 3.18. The van der Waals surface area contributed by atoms with Crippen molar-refractivity contribution in [2.24, 2.45) is 0 Å². The number of nitrogens with one attached hydrogen (secondary N) is 1. The lowest BCUT2D eigenvalue weighted by molar-refractivity contribution is -0.142. The molecular formula is C20H21Cl2IN2O3. The van der Waals surface area contributed by atoms with Crippen LogP contribution in [0.1, 0.15) is 19.4 Å². The van der Waals surface area contributed by atoms with Crippen LogP contribution in [0.3, 0.4) is 0 Å². The monoisotopic (exact) mass is 534 g/mol. The molecule has 0 saturated carbocycles. The summed E-state index contributed by atoms with van der Waals surface area (Å²) >= 11 is 14.2. The van der Waals surface area contributed by atoms with E-state index in [0.717, 1.165) is 9.13 Å². The molecule has 0 radical (unpaired) electrons. The van der Waals surface area contributed by atoms with Gasteiger partial charge in [0.05, 0.1) is 10.0 Å². The molecular weight excluding hydrogens is 514 g/mol. The zero-order valence-corrected chi connectivity index (χ0v) is 19.2. The number of carbonyl (C=O) groups is 2. The van der Waals surface area contributed by atoms with Crippen LogP contribution in [0.4, 0.5) is 0 Å². The minimum Gasteiger partial charge on any atom is -0.484 e. The Hall–Kier alpha value is -1.51. The predicted octanol–water partition coefficient (Wildman–Crippen LogP) is 4.53. The van der Waals surface area contributed by atoms with Gasteiger partial charge in [-0.2, -0.15) is 0 Å². The molecule has 2 aromatic carbocycles. The van der Waals surface area contributed by atoms with Crippen LogP contribution in [-0.2, 0) is 16.1 Å². The second-order valence-corrected chi connectivity index (χ2v) is 8.14. The predicted molar refractivity (Wildman–Crippen MR) is 120 cm³/mol. The molecule has 2 rings (SSSR count). The summed E-state index contributed by atoms with van der Waals surface area (Å²) in [5.74, 6) is 0.0578. The third kappa shape index (κ3) is 6.53. The molecule has 0 bridgehead atoms. The van der Waals surface area contributed by atoms with Crippen LogP contribution < -0.4 is 10.1 Å².